The largest absolute Gasteiger partial charge is 0.322 e. The van der Waals surface area contributed by atoms with Crippen LogP contribution in [0.25, 0.3) is 0 Å². The summed E-state index contributed by atoms with van der Waals surface area (Å²) in [6.07, 6.45) is 1.56. The first-order valence-corrected chi connectivity index (χ1v) is 7.64. The smallest absolute Gasteiger partial charge is 0.241 e. The summed E-state index contributed by atoms with van der Waals surface area (Å²) in [6, 6.07) is 6.26. The maximum atomic E-state index is 13.1. The molecule has 3 nitrogen and oxygen atoms in total. The standard InChI is InChI=1S/C17H25FN2O/c1-5-14-16(21)20(11-10-17(2,3)4)15(19-14)12-6-8-13(18)9-7-12/h6-9,14-15,19H,5,10-11H2,1-4H3. The molecule has 0 aliphatic carbocycles. The number of amides is 1. The van der Waals surface area contributed by atoms with Crippen LogP contribution in [0.15, 0.2) is 24.3 Å². The Bertz CT molecular complexity index is 493. The number of hydrogen-bond acceptors (Lipinski definition) is 2. The summed E-state index contributed by atoms with van der Waals surface area (Å²) in [5.74, 6) is -0.104. The molecule has 1 aromatic carbocycles. The summed E-state index contributed by atoms with van der Waals surface area (Å²) in [5, 5.41) is 3.37. The van der Waals surface area contributed by atoms with E-state index in [1.807, 2.05) is 11.8 Å². The molecule has 0 aromatic heterocycles. The van der Waals surface area contributed by atoms with Gasteiger partial charge < -0.3 is 4.90 Å². The molecule has 1 fully saturated rings. The molecule has 2 atom stereocenters. The third-order valence-electron chi connectivity index (χ3n) is 3.95. The van der Waals surface area contributed by atoms with Crippen LogP contribution in [-0.4, -0.2) is 23.4 Å². The minimum atomic E-state index is -0.253. The minimum Gasteiger partial charge on any atom is -0.322 e. The predicted octanol–water partition coefficient (Wildman–Crippen LogP) is 3.47. The third-order valence-corrected chi connectivity index (χ3v) is 3.95. The Labute approximate surface area is 126 Å². The number of carbonyl (C=O) groups is 1. The van der Waals surface area contributed by atoms with Crippen LogP contribution in [0.1, 0.15) is 52.3 Å². The number of nitrogens with zero attached hydrogens (tertiary/aromatic N) is 1. The second-order valence-electron chi connectivity index (χ2n) is 6.92. The molecular formula is C17H25FN2O. The number of rotatable bonds is 4. The summed E-state index contributed by atoms with van der Waals surface area (Å²) in [5.41, 5.74) is 1.12. The van der Waals surface area contributed by atoms with E-state index in [0.29, 0.717) is 6.54 Å². The minimum absolute atomic E-state index is 0.139. The highest BCUT2D eigenvalue weighted by atomic mass is 19.1. The van der Waals surface area contributed by atoms with Gasteiger partial charge in [0, 0.05) is 6.54 Å². The lowest BCUT2D eigenvalue weighted by atomic mass is 9.92. The molecule has 1 N–H and O–H groups in total. The van der Waals surface area contributed by atoms with Crippen molar-refractivity contribution in [2.45, 2.75) is 52.7 Å². The van der Waals surface area contributed by atoms with Gasteiger partial charge in [0.1, 0.15) is 12.0 Å². The molecule has 1 aliphatic heterocycles. The van der Waals surface area contributed by atoms with Crippen LogP contribution in [0.5, 0.6) is 0 Å². The van der Waals surface area contributed by atoms with Gasteiger partial charge in [0.15, 0.2) is 0 Å². The van der Waals surface area contributed by atoms with Gasteiger partial charge in [0.25, 0.3) is 0 Å². The van der Waals surface area contributed by atoms with Crippen molar-refractivity contribution in [2.75, 3.05) is 6.54 Å². The van der Waals surface area contributed by atoms with E-state index >= 15 is 0 Å². The molecule has 1 saturated heterocycles. The Balaban J connectivity index is 2.20. The van der Waals surface area contributed by atoms with E-state index in [1.165, 1.54) is 12.1 Å². The van der Waals surface area contributed by atoms with Crippen LogP contribution in [0, 0.1) is 11.2 Å². The lowest BCUT2D eigenvalue weighted by Gasteiger charge is -2.28. The van der Waals surface area contributed by atoms with Gasteiger partial charge >= 0.3 is 0 Å². The summed E-state index contributed by atoms with van der Waals surface area (Å²) in [6.45, 7) is 9.24. The van der Waals surface area contributed by atoms with Gasteiger partial charge in [-0.1, -0.05) is 39.8 Å². The molecule has 116 valence electrons. The van der Waals surface area contributed by atoms with Crippen LogP contribution in [0.2, 0.25) is 0 Å². The average Bonchev–Trinajstić information content (AvgIpc) is 2.73. The molecule has 21 heavy (non-hydrogen) atoms. The number of carbonyl (C=O) groups excluding carboxylic acids is 1. The summed E-state index contributed by atoms with van der Waals surface area (Å²) >= 11 is 0. The first kappa shape index (κ1) is 16.0. The van der Waals surface area contributed by atoms with Gasteiger partial charge in [-0.15, -0.1) is 0 Å². The maximum absolute atomic E-state index is 13.1. The maximum Gasteiger partial charge on any atom is 0.241 e. The molecule has 0 radical (unpaired) electrons. The molecule has 0 bridgehead atoms. The molecule has 1 aliphatic rings. The molecule has 0 saturated carbocycles. The van der Waals surface area contributed by atoms with Gasteiger partial charge in [-0.05, 0) is 36.0 Å². The monoisotopic (exact) mass is 292 g/mol. The number of nitrogens with one attached hydrogen (secondary N) is 1. The van der Waals surface area contributed by atoms with Crippen molar-refractivity contribution in [1.82, 2.24) is 10.2 Å². The Kier molecular flexibility index (Phi) is 4.67. The van der Waals surface area contributed by atoms with E-state index in [0.717, 1.165) is 18.4 Å². The molecule has 1 amide bonds. The summed E-state index contributed by atoms with van der Waals surface area (Å²) in [7, 11) is 0. The predicted molar refractivity (Wildman–Crippen MR) is 82.1 cm³/mol. The number of benzene rings is 1. The molecule has 1 heterocycles. The van der Waals surface area contributed by atoms with Crippen LogP contribution < -0.4 is 5.32 Å². The SMILES string of the molecule is CCC1NC(c2ccc(F)cc2)N(CCC(C)(C)C)C1=O. The van der Waals surface area contributed by atoms with Gasteiger partial charge in [-0.2, -0.15) is 0 Å². The van der Waals surface area contributed by atoms with Gasteiger partial charge in [-0.25, -0.2) is 4.39 Å². The second kappa shape index (κ2) is 6.14. The third kappa shape index (κ3) is 3.82. The first-order valence-electron chi connectivity index (χ1n) is 7.64. The molecule has 2 rings (SSSR count). The highest BCUT2D eigenvalue weighted by Gasteiger charge is 2.38. The van der Waals surface area contributed by atoms with Crippen LogP contribution in [-0.2, 0) is 4.79 Å². The van der Waals surface area contributed by atoms with Gasteiger partial charge in [0.2, 0.25) is 5.91 Å². The Morgan fingerprint density at radius 1 is 1.24 bits per heavy atom. The fourth-order valence-corrected chi connectivity index (χ4v) is 2.59. The zero-order chi connectivity index (χ0) is 15.6. The first-order chi connectivity index (χ1) is 9.81. The second-order valence-corrected chi connectivity index (χ2v) is 6.92. The zero-order valence-electron chi connectivity index (χ0n) is 13.3. The Morgan fingerprint density at radius 2 is 1.86 bits per heavy atom. The Morgan fingerprint density at radius 3 is 2.38 bits per heavy atom. The molecule has 4 heteroatoms. The molecule has 0 spiro atoms. The fourth-order valence-electron chi connectivity index (χ4n) is 2.59. The van der Waals surface area contributed by atoms with Crippen molar-refractivity contribution in [3.63, 3.8) is 0 Å². The normalized spacial score (nSPS) is 22.9. The molecule has 1 aromatic rings. The lowest BCUT2D eigenvalue weighted by Crippen LogP contribution is -2.33. The molecular weight excluding hydrogens is 267 g/mol. The Hall–Kier alpha value is -1.42. The van der Waals surface area contributed by atoms with Crippen LogP contribution in [0.3, 0.4) is 0 Å². The average molecular weight is 292 g/mol. The summed E-state index contributed by atoms with van der Waals surface area (Å²) < 4.78 is 13.1. The van der Waals surface area contributed by atoms with E-state index in [-0.39, 0.29) is 29.3 Å². The van der Waals surface area contributed by atoms with E-state index in [2.05, 4.69) is 26.1 Å². The van der Waals surface area contributed by atoms with E-state index < -0.39 is 0 Å². The van der Waals surface area contributed by atoms with Crippen molar-refractivity contribution >= 4 is 5.91 Å². The van der Waals surface area contributed by atoms with Crippen molar-refractivity contribution in [2.24, 2.45) is 5.41 Å². The number of hydrogen-bond donors (Lipinski definition) is 1. The van der Waals surface area contributed by atoms with Crippen molar-refractivity contribution in [1.29, 1.82) is 0 Å². The lowest BCUT2D eigenvalue weighted by molar-refractivity contribution is -0.130. The van der Waals surface area contributed by atoms with E-state index in [1.54, 1.807) is 12.1 Å². The van der Waals surface area contributed by atoms with Crippen molar-refractivity contribution in [3.8, 4) is 0 Å². The topological polar surface area (TPSA) is 32.3 Å². The quantitative estimate of drug-likeness (QED) is 0.921. The van der Waals surface area contributed by atoms with Crippen molar-refractivity contribution < 1.29 is 9.18 Å². The number of halogens is 1. The van der Waals surface area contributed by atoms with E-state index in [9.17, 15) is 9.18 Å². The summed E-state index contributed by atoms with van der Waals surface area (Å²) in [4.78, 5) is 14.4. The fraction of sp³-hybridized carbons (Fsp3) is 0.588. The highest BCUT2D eigenvalue weighted by Crippen LogP contribution is 2.29. The van der Waals surface area contributed by atoms with Gasteiger partial charge in [0.05, 0.1) is 6.04 Å². The van der Waals surface area contributed by atoms with Gasteiger partial charge in [-0.3, -0.25) is 10.1 Å². The van der Waals surface area contributed by atoms with Crippen LogP contribution in [0.4, 0.5) is 4.39 Å². The van der Waals surface area contributed by atoms with E-state index in [4.69, 9.17) is 0 Å². The molecule has 2 unspecified atom stereocenters. The van der Waals surface area contributed by atoms with Crippen molar-refractivity contribution in [3.05, 3.63) is 35.6 Å². The zero-order valence-corrected chi connectivity index (χ0v) is 13.3. The van der Waals surface area contributed by atoms with Crippen LogP contribution >= 0.6 is 0 Å². The highest BCUT2D eigenvalue weighted by molar-refractivity contribution is 5.84.